The van der Waals surface area contributed by atoms with Crippen LogP contribution in [0.3, 0.4) is 0 Å². The lowest BCUT2D eigenvalue weighted by molar-refractivity contribution is -0.365. The van der Waals surface area contributed by atoms with Gasteiger partial charge in [-0.2, -0.15) is 12.6 Å². The van der Waals surface area contributed by atoms with Crippen molar-refractivity contribution in [1.82, 2.24) is 0 Å². The Kier molecular flexibility index (Phi) is 15.1. The van der Waals surface area contributed by atoms with Gasteiger partial charge in [0.1, 0.15) is 31.0 Å². The minimum Gasteiger partial charge on any atom is -0.459 e. The van der Waals surface area contributed by atoms with E-state index in [9.17, 15) is 19.2 Å². The van der Waals surface area contributed by atoms with Gasteiger partial charge < -0.3 is 47.4 Å². The van der Waals surface area contributed by atoms with Crippen LogP contribution in [-0.4, -0.2) is 104 Å². The summed E-state index contributed by atoms with van der Waals surface area (Å²) in [7, 11) is 0. The van der Waals surface area contributed by atoms with E-state index in [1.807, 2.05) is 30.3 Å². The van der Waals surface area contributed by atoms with Crippen LogP contribution in [0, 0.1) is 0 Å². The number of fused-ring (bicyclic) bond motifs is 1. The topological polar surface area (TPSA) is 161 Å². The Labute approximate surface area is 380 Å². The maximum atomic E-state index is 14.1. The summed E-state index contributed by atoms with van der Waals surface area (Å²) in [5.74, 6) is -3.03. The minimum atomic E-state index is -1.56. The first-order valence-electron chi connectivity index (χ1n) is 21.0. The van der Waals surface area contributed by atoms with Gasteiger partial charge in [-0.3, -0.25) is 0 Å². The fourth-order valence-electron chi connectivity index (χ4n) is 7.58. The maximum Gasteiger partial charge on any atom is 0.338 e. The lowest BCUT2D eigenvalue weighted by Crippen LogP contribution is -2.66. The van der Waals surface area contributed by atoms with Crippen molar-refractivity contribution in [1.29, 1.82) is 0 Å². The number of rotatable bonds is 15. The Morgan fingerprint density at radius 1 is 0.569 bits per heavy atom. The van der Waals surface area contributed by atoms with Gasteiger partial charge in [0.15, 0.2) is 37.2 Å². The van der Waals surface area contributed by atoms with Crippen molar-refractivity contribution in [2.24, 2.45) is 0 Å². The molecule has 0 aliphatic carbocycles. The standard InChI is InChI=1S/C50H46O14S/c1-2-28-55-49-41(61-46(53)33-22-12-5-13-23-33)40(60-45(52)32-20-10-4-11-21-32)38(36(58-49)29-56-44(51)31-18-8-3-9-19-31)63-50-42(62-47(54)34-24-14-6-15-25-34)43(65)39-37(59-50)30-57-48(64-39)35-26-16-7-17-27-35/h2-27,36-43,48-50,65H,1,28-30H2/t36-,37-,38-,39+,40+,41-,42-,43+,48?,49-,50+/m1/s1. The second-order valence-electron chi connectivity index (χ2n) is 15.1. The third-order valence-corrected chi connectivity index (χ3v) is 11.4. The molecule has 1 unspecified atom stereocenters. The molecule has 15 heteroatoms. The Balaban J connectivity index is 1.18. The smallest absolute Gasteiger partial charge is 0.338 e. The number of thiol groups is 1. The summed E-state index contributed by atoms with van der Waals surface area (Å²) in [6, 6.07) is 42.2. The van der Waals surface area contributed by atoms with E-state index in [1.54, 1.807) is 121 Å². The average Bonchev–Trinajstić information content (AvgIpc) is 3.36. The van der Waals surface area contributed by atoms with Gasteiger partial charge in [-0.15, -0.1) is 6.58 Å². The SMILES string of the molecule is C=CCO[C@@H]1O[C@H](COC(=O)c2ccccc2)[C@@H](O[C@@H]2O[C@@H]3COC(c4ccccc4)O[C@@H]3[C@H](S)[C@H]2OC(=O)c2ccccc2)[C@H](OC(=O)c2ccccc2)[C@H]1OC(=O)c1ccccc1. The molecule has 14 nitrogen and oxygen atoms in total. The van der Waals surface area contributed by atoms with Gasteiger partial charge in [0.05, 0.1) is 40.7 Å². The van der Waals surface area contributed by atoms with Crippen LogP contribution in [0.2, 0.25) is 0 Å². The zero-order valence-electron chi connectivity index (χ0n) is 34.9. The molecular formula is C50H46O14S. The van der Waals surface area contributed by atoms with E-state index in [0.717, 1.165) is 5.56 Å². The number of benzene rings is 5. The molecule has 0 saturated carbocycles. The second kappa shape index (κ2) is 21.7. The van der Waals surface area contributed by atoms with Gasteiger partial charge in [-0.25, -0.2) is 19.2 Å². The predicted molar refractivity (Wildman–Crippen MR) is 235 cm³/mol. The molecule has 0 radical (unpaired) electrons. The molecule has 3 aliphatic rings. The van der Waals surface area contributed by atoms with Crippen molar-refractivity contribution in [3.63, 3.8) is 0 Å². The molecule has 3 saturated heterocycles. The molecule has 11 atom stereocenters. The highest BCUT2D eigenvalue weighted by atomic mass is 32.1. The third kappa shape index (κ3) is 11.0. The summed E-state index contributed by atoms with van der Waals surface area (Å²) < 4.78 is 63.1. The lowest BCUT2D eigenvalue weighted by atomic mass is 9.96. The predicted octanol–water partition coefficient (Wildman–Crippen LogP) is 6.97. The van der Waals surface area contributed by atoms with Gasteiger partial charge in [-0.05, 0) is 48.5 Å². The van der Waals surface area contributed by atoms with Crippen LogP contribution in [0.4, 0.5) is 0 Å². The van der Waals surface area contributed by atoms with Crippen LogP contribution in [0.25, 0.3) is 0 Å². The molecule has 65 heavy (non-hydrogen) atoms. The summed E-state index contributed by atoms with van der Waals surface area (Å²) in [6.07, 6.45) is -11.1. The van der Waals surface area contributed by atoms with Crippen molar-refractivity contribution < 1.29 is 66.5 Å². The molecule has 0 aromatic heterocycles. The first-order chi connectivity index (χ1) is 31.8. The highest BCUT2D eigenvalue weighted by molar-refractivity contribution is 7.81. The highest BCUT2D eigenvalue weighted by Gasteiger charge is 2.57. The molecule has 8 rings (SSSR count). The van der Waals surface area contributed by atoms with Crippen molar-refractivity contribution in [2.75, 3.05) is 19.8 Å². The van der Waals surface area contributed by atoms with Gasteiger partial charge in [0, 0.05) is 5.56 Å². The molecule has 5 aromatic carbocycles. The number of hydrogen-bond donors (Lipinski definition) is 1. The molecule has 3 heterocycles. The number of ether oxygens (including phenoxy) is 10. The first-order valence-corrected chi connectivity index (χ1v) is 21.5. The Morgan fingerprint density at radius 2 is 1.05 bits per heavy atom. The minimum absolute atomic E-state index is 0.0149. The number of carbonyl (C=O) groups excluding carboxylic acids is 4. The van der Waals surface area contributed by atoms with Crippen LogP contribution >= 0.6 is 12.6 Å². The summed E-state index contributed by atoms with van der Waals surface area (Å²) in [5.41, 5.74) is 1.58. The van der Waals surface area contributed by atoms with Crippen molar-refractivity contribution >= 4 is 36.5 Å². The van der Waals surface area contributed by atoms with E-state index in [2.05, 4.69) is 6.58 Å². The van der Waals surface area contributed by atoms with Crippen LogP contribution in [-0.2, 0) is 47.4 Å². The first kappa shape index (κ1) is 45.4. The van der Waals surface area contributed by atoms with Crippen LogP contribution < -0.4 is 0 Å². The molecule has 336 valence electrons. The van der Waals surface area contributed by atoms with Crippen LogP contribution in [0.15, 0.2) is 164 Å². The highest BCUT2D eigenvalue weighted by Crippen LogP contribution is 2.40. The number of esters is 4. The van der Waals surface area contributed by atoms with Crippen molar-refractivity contribution in [3.8, 4) is 0 Å². The Bertz CT molecular complexity index is 2360. The maximum absolute atomic E-state index is 14.1. The molecule has 5 aromatic rings. The van der Waals surface area contributed by atoms with E-state index >= 15 is 0 Å². The molecule has 0 N–H and O–H groups in total. The van der Waals surface area contributed by atoms with Crippen molar-refractivity contribution in [3.05, 3.63) is 192 Å². The fourth-order valence-corrected chi connectivity index (χ4v) is 8.05. The zero-order chi connectivity index (χ0) is 45.1. The van der Waals surface area contributed by atoms with Crippen molar-refractivity contribution in [2.45, 2.75) is 66.8 Å². The van der Waals surface area contributed by atoms with Gasteiger partial charge in [0.25, 0.3) is 0 Å². The molecule has 0 spiro atoms. The summed E-state index contributed by atoms with van der Waals surface area (Å²) in [6.45, 7) is 3.18. The average molecular weight is 903 g/mol. The number of carbonyl (C=O) groups is 4. The van der Waals surface area contributed by atoms with Crippen LogP contribution in [0.5, 0.6) is 0 Å². The van der Waals surface area contributed by atoms with Crippen LogP contribution in [0.1, 0.15) is 53.3 Å². The molecule has 0 bridgehead atoms. The molecule has 3 aliphatic heterocycles. The monoisotopic (exact) mass is 902 g/mol. The molecular weight excluding hydrogens is 857 g/mol. The third-order valence-electron chi connectivity index (χ3n) is 10.8. The Hall–Kier alpha value is -6.17. The summed E-state index contributed by atoms with van der Waals surface area (Å²) in [5, 5.41) is -0.902. The lowest BCUT2D eigenvalue weighted by Gasteiger charge is -2.50. The quantitative estimate of drug-likeness (QED) is 0.0497. The van der Waals surface area contributed by atoms with Gasteiger partial charge in [-0.1, -0.05) is 109 Å². The molecule has 3 fully saturated rings. The summed E-state index contributed by atoms with van der Waals surface area (Å²) in [4.78, 5) is 55.4. The van der Waals surface area contributed by atoms with Gasteiger partial charge in [0.2, 0.25) is 0 Å². The normalized spacial score (nSPS) is 27.2. The largest absolute Gasteiger partial charge is 0.459 e. The van der Waals surface area contributed by atoms with E-state index in [4.69, 9.17) is 60.0 Å². The Morgan fingerprint density at radius 3 is 1.57 bits per heavy atom. The summed E-state index contributed by atoms with van der Waals surface area (Å²) >= 11 is 5.01. The van der Waals surface area contributed by atoms with E-state index in [1.165, 1.54) is 6.08 Å². The van der Waals surface area contributed by atoms with E-state index in [0.29, 0.717) is 0 Å². The van der Waals surface area contributed by atoms with Gasteiger partial charge >= 0.3 is 23.9 Å². The zero-order valence-corrected chi connectivity index (χ0v) is 35.7. The second-order valence-corrected chi connectivity index (χ2v) is 15.7. The van der Waals surface area contributed by atoms with E-state index < -0.39 is 97.3 Å². The fraction of sp³-hybridized carbons (Fsp3) is 0.280. The van der Waals surface area contributed by atoms with E-state index in [-0.39, 0.29) is 35.5 Å². The number of hydrogen-bond acceptors (Lipinski definition) is 15. The molecule has 0 amide bonds.